The summed E-state index contributed by atoms with van der Waals surface area (Å²) in [6.45, 7) is 0.255. The maximum Gasteiger partial charge on any atom is 0.339 e. The van der Waals surface area contributed by atoms with Crippen LogP contribution in [-0.2, 0) is 6.54 Å². The Bertz CT molecular complexity index is 583. The van der Waals surface area contributed by atoms with Crippen LogP contribution in [0, 0.1) is 0 Å². The number of carbonyl (C=O) groups is 1. The number of ether oxygens (including phenoxy) is 2. The van der Waals surface area contributed by atoms with Crippen molar-refractivity contribution in [2.75, 3.05) is 19.5 Å². The summed E-state index contributed by atoms with van der Waals surface area (Å²) < 4.78 is 15.5. The molecule has 0 atom stereocenters. The Kier molecular flexibility index (Phi) is 4.14. The van der Waals surface area contributed by atoms with Crippen LogP contribution < -0.4 is 14.8 Å². The molecule has 20 heavy (non-hydrogen) atoms. The average Bonchev–Trinajstić information content (AvgIpc) is 2.93. The maximum absolute atomic E-state index is 11.0. The van der Waals surface area contributed by atoms with E-state index in [0.717, 1.165) is 5.69 Å². The average molecular weight is 277 g/mol. The molecule has 0 saturated carbocycles. The zero-order valence-electron chi connectivity index (χ0n) is 11.2. The van der Waals surface area contributed by atoms with E-state index >= 15 is 0 Å². The largest absolute Gasteiger partial charge is 0.497 e. The highest BCUT2D eigenvalue weighted by atomic mass is 16.5. The lowest BCUT2D eigenvalue weighted by Gasteiger charge is -2.10. The van der Waals surface area contributed by atoms with Gasteiger partial charge in [-0.05, 0) is 6.07 Å². The van der Waals surface area contributed by atoms with Crippen LogP contribution in [0.2, 0.25) is 0 Å². The van der Waals surface area contributed by atoms with Gasteiger partial charge in [0.25, 0.3) is 0 Å². The second kappa shape index (κ2) is 6.01. The number of anilines is 1. The standard InChI is InChI=1S/C14H15NO5/c1-18-10-5-9(6-11(7-10)19-2)15-8-13-12(14(16)17)3-4-20-13/h3-7,15H,8H2,1-2H3,(H,16,17). The van der Waals surface area contributed by atoms with Crippen LogP contribution in [0.3, 0.4) is 0 Å². The molecule has 1 aromatic heterocycles. The van der Waals surface area contributed by atoms with Gasteiger partial charge in [-0.2, -0.15) is 0 Å². The summed E-state index contributed by atoms with van der Waals surface area (Å²) in [6.07, 6.45) is 1.35. The second-order valence-corrected chi connectivity index (χ2v) is 4.02. The third kappa shape index (κ3) is 3.03. The van der Waals surface area contributed by atoms with Gasteiger partial charge in [0.05, 0.1) is 27.0 Å². The van der Waals surface area contributed by atoms with Gasteiger partial charge >= 0.3 is 5.97 Å². The van der Waals surface area contributed by atoms with Crippen molar-refractivity contribution in [3.63, 3.8) is 0 Å². The van der Waals surface area contributed by atoms with Gasteiger partial charge in [-0.25, -0.2) is 4.79 Å². The van der Waals surface area contributed by atoms with E-state index in [1.54, 1.807) is 32.4 Å². The molecule has 0 unspecified atom stereocenters. The van der Waals surface area contributed by atoms with Crippen LogP contribution in [0.1, 0.15) is 16.1 Å². The summed E-state index contributed by atoms with van der Waals surface area (Å²) in [6, 6.07) is 6.74. The number of nitrogens with one attached hydrogen (secondary N) is 1. The molecule has 1 heterocycles. The molecule has 0 fully saturated rings. The van der Waals surface area contributed by atoms with Gasteiger partial charge in [-0.3, -0.25) is 0 Å². The minimum absolute atomic E-state index is 0.146. The molecule has 0 aliphatic carbocycles. The Morgan fingerprint density at radius 1 is 1.25 bits per heavy atom. The number of methoxy groups -OCH3 is 2. The molecule has 6 nitrogen and oxygen atoms in total. The molecule has 2 N–H and O–H groups in total. The molecule has 0 radical (unpaired) electrons. The predicted octanol–water partition coefficient (Wildman–Crippen LogP) is 2.61. The number of carboxylic acid groups (broad SMARTS) is 1. The third-order valence-corrected chi connectivity index (χ3v) is 2.78. The lowest BCUT2D eigenvalue weighted by atomic mass is 10.2. The van der Waals surface area contributed by atoms with E-state index < -0.39 is 5.97 Å². The topological polar surface area (TPSA) is 80.9 Å². The van der Waals surface area contributed by atoms with Gasteiger partial charge in [0.1, 0.15) is 22.8 Å². The summed E-state index contributed by atoms with van der Waals surface area (Å²) in [4.78, 5) is 11.0. The van der Waals surface area contributed by atoms with Gasteiger partial charge in [0.15, 0.2) is 0 Å². The van der Waals surface area contributed by atoms with E-state index in [-0.39, 0.29) is 12.1 Å². The number of aromatic carboxylic acids is 1. The fourth-order valence-electron chi connectivity index (χ4n) is 1.76. The first-order chi connectivity index (χ1) is 9.63. The van der Waals surface area contributed by atoms with Crippen molar-refractivity contribution >= 4 is 11.7 Å². The highest BCUT2D eigenvalue weighted by Crippen LogP contribution is 2.26. The van der Waals surface area contributed by atoms with Crippen LogP contribution in [0.5, 0.6) is 11.5 Å². The molecule has 106 valence electrons. The first-order valence-corrected chi connectivity index (χ1v) is 5.90. The fraction of sp³-hybridized carbons (Fsp3) is 0.214. The molecule has 0 saturated heterocycles. The molecule has 6 heteroatoms. The predicted molar refractivity (Wildman–Crippen MR) is 72.5 cm³/mol. The maximum atomic E-state index is 11.0. The van der Waals surface area contributed by atoms with Crippen LogP contribution in [0.15, 0.2) is 34.9 Å². The molecule has 0 spiro atoms. The SMILES string of the molecule is COc1cc(NCc2occc2C(=O)O)cc(OC)c1. The zero-order chi connectivity index (χ0) is 14.5. The van der Waals surface area contributed by atoms with Crippen molar-refractivity contribution in [3.05, 3.63) is 41.9 Å². The first-order valence-electron chi connectivity index (χ1n) is 5.90. The molecule has 2 aromatic rings. The normalized spacial score (nSPS) is 10.1. The Hall–Kier alpha value is -2.63. The molecular formula is C14H15NO5. The third-order valence-electron chi connectivity index (χ3n) is 2.78. The molecule has 0 bridgehead atoms. The van der Waals surface area contributed by atoms with Crippen molar-refractivity contribution in [2.45, 2.75) is 6.54 Å². The minimum Gasteiger partial charge on any atom is -0.497 e. The van der Waals surface area contributed by atoms with E-state index in [2.05, 4.69) is 5.32 Å². The first kappa shape index (κ1) is 13.8. The fourth-order valence-corrected chi connectivity index (χ4v) is 1.76. The molecule has 1 aromatic carbocycles. The number of furan rings is 1. The lowest BCUT2D eigenvalue weighted by molar-refractivity contribution is 0.0694. The quantitative estimate of drug-likeness (QED) is 0.844. The van der Waals surface area contributed by atoms with Crippen molar-refractivity contribution in [2.24, 2.45) is 0 Å². The van der Waals surface area contributed by atoms with E-state index in [1.165, 1.54) is 12.3 Å². The van der Waals surface area contributed by atoms with Crippen molar-refractivity contribution in [1.82, 2.24) is 0 Å². The van der Waals surface area contributed by atoms with Crippen LogP contribution in [0.25, 0.3) is 0 Å². The molecule has 0 aliphatic rings. The minimum atomic E-state index is -1.02. The smallest absolute Gasteiger partial charge is 0.339 e. The number of rotatable bonds is 6. The Morgan fingerprint density at radius 3 is 2.45 bits per heavy atom. The summed E-state index contributed by atoms with van der Waals surface area (Å²) >= 11 is 0. The summed E-state index contributed by atoms with van der Waals surface area (Å²) in [7, 11) is 3.13. The molecular weight excluding hydrogens is 262 g/mol. The van der Waals surface area contributed by atoms with E-state index in [9.17, 15) is 4.79 Å². The summed E-state index contributed by atoms with van der Waals surface area (Å²) in [5.74, 6) is 0.632. The number of carboxylic acids is 1. The van der Waals surface area contributed by atoms with Crippen LogP contribution in [0.4, 0.5) is 5.69 Å². The van der Waals surface area contributed by atoms with E-state index in [0.29, 0.717) is 17.3 Å². The van der Waals surface area contributed by atoms with E-state index in [1.807, 2.05) is 0 Å². The Morgan fingerprint density at radius 2 is 1.90 bits per heavy atom. The van der Waals surface area contributed by atoms with Crippen molar-refractivity contribution in [1.29, 1.82) is 0 Å². The second-order valence-electron chi connectivity index (χ2n) is 4.02. The van der Waals surface area contributed by atoms with Gasteiger partial charge < -0.3 is 24.3 Å². The Labute approximate surface area is 115 Å². The van der Waals surface area contributed by atoms with Crippen LogP contribution in [-0.4, -0.2) is 25.3 Å². The highest BCUT2D eigenvalue weighted by molar-refractivity contribution is 5.88. The monoisotopic (exact) mass is 277 g/mol. The Balaban J connectivity index is 2.14. The van der Waals surface area contributed by atoms with Gasteiger partial charge in [-0.1, -0.05) is 0 Å². The summed E-state index contributed by atoms with van der Waals surface area (Å²) in [5, 5.41) is 12.1. The lowest BCUT2D eigenvalue weighted by Crippen LogP contribution is -2.05. The number of hydrogen-bond acceptors (Lipinski definition) is 5. The highest BCUT2D eigenvalue weighted by Gasteiger charge is 2.13. The molecule has 0 amide bonds. The zero-order valence-corrected chi connectivity index (χ0v) is 11.2. The van der Waals surface area contributed by atoms with Gasteiger partial charge in [0, 0.05) is 23.9 Å². The molecule has 0 aliphatic heterocycles. The van der Waals surface area contributed by atoms with Crippen LogP contribution >= 0.6 is 0 Å². The van der Waals surface area contributed by atoms with E-state index in [4.69, 9.17) is 19.0 Å². The van der Waals surface area contributed by atoms with Crippen molar-refractivity contribution in [3.8, 4) is 11.5 Å². The van der Waals surface area contributed by atoms with Gasteiger partial charge in [-0.15, -0.1) is 0 Å². The van der Waals surface area contributed by atoms with Crippen molar-refractivity contribution < 1.29 is 23.8 Å². The van der Waals surface area contributed by atoms with Gasteiger partial charge in [0.2, 0.25) is 0 Å². The summed E-state index contributed by atoms with van der Waals surface area (Å²) in [5.41, 5.74) is 0.890. The number of benzene rings is 1. The molecule has 2 rings (SSSR count). The number of hydrogen-bond donors (Lipinski definition) is 2.